The van der Waals surface area contributed by atoms with Crippen molar-refractivity contribution >= 4 is 16.7 Å². The van der Waals surface area contributed by atoms with Crippen LogP contribution in [0.15, 0.2) is 0 Å². The van der Waals surface area contributed by atoms with Crippen molar-refractivity contribution in [2.45, 2.75) is 19.4 Å². The van der Waals surface area contributed by atoms with E-state index in [1.54, 1.807) is 0 Å². The maximum absolute atomic E-state index is 11.2. The largest absolute Gasteiger partial charge is 0.358 e. The Morgan fingerprint density at radius 2 is 2.25 bits per heavy atom. The summed E-state index contributed by atoms with van der Waals surface area (Å²) in [6, 6.07) is -0.0597. The quantitative estimate of drug-likeness (QED) is 0.600. The molecule has 0 saturated carbocycles. The monoisotopic (exact) mass is 192 g/mol. The first kappa shape index (κ1) is 11.6. The number of carbonyl (C=O) groups is 1. The van der Waals surface area contributed by atoms with E-state index in [-0.39, 0.29) is 17.7 Å². The van der Waals surface area contributed by atoms with Crippen molar-refractivity contribution in [3.8, 4) is 0 Å². The van der Waals surface area contributed by atoms with Gasteiger partial charge in [0.15, 0.2) is 0 Å². The highest BCUT2D eigenvalue weighted by Gasteiger charge is 2.09. The van der Waals surface area contributed by atoms with E-state index in [1.807, 2.05) is 6.92 Å². The van der Waals surface area contributed by atoms with Crippen LogP contribution in [0, 0.1) is 0 Å². The van der Waals surface area contributed by atoms with Crippen molar-refractivity contribution in [2.75, 3.05) is 18.6 Å². The van der Waals surface area contributed by atoms with Crippen molar-refractivity contribution in [3.63, 3.8) is 0 Å². The van der Waals surface area contributed by atoms with Crippen LogP contribution in [-0.4, -0.2) is 34.7 Å². The van der Waals surface area contributed by atoms with Gasteiger partial charge >= 0.3 is 0 Å². The maximum Gasteiger partial charge on any atom is 0.232 e. The van der Waals surface area contributed by atoms with Gasteiger partial charge in [0.05, 0.1) is 0 Å². The molecule has 0 rings (SSSR count). The first-order valence-electron chi connectivity index (χ1n) is 3.91. The molecule has 5 heteroatoms. The highest BCUT2D eigenvalue weighted by atomic mass is 32.2. The molecular formula is C7H16N2O2S. The first-order valence-corrected chi connectivity index (χ1v) is 5.40. The topological polar surface area (TPSA) is 72.2 Å². The Hall–Kier alpha value is -0.420. The van der Waals surface area contributed by atoms with Crippen molar-refractivity contribution < 1.29 is 9.00 Å². The number of nitrogens with two attached hydrogens (primary N) is 1. The van der Waals surface area contributed by atoms with Gasteiger partial charge in [-0.1, -0.05) is 6.92 Å². The van der Waals surface area contributed by atoms with Crippen molar-refractivity contribution in [3.05, 3.63) is 0 Å². The Morgan fingerprint density at radius 1 is 1.67 bits per heavy atom. The normalized spacial score (nSPS) is 15.2. The van der Waals surface area contributed by atoms with E-state index in [2.05, 4.69) is 5.32 Å². The zero-order valence-corrected chi connectivity index (χ0v) is 8.32. The fourth-order valence-corrected chi connectivity index (χ4v) is 1.90. The predicted octanol–water partition coefficient (Wildman–Crippen LogP) is -0.782. The van der Waals surface area contributed by atoms with Gasteiger partial charge in [0.1, 0.15) is 5.75 Å². The van der Waals surface area contributed by atoms with Crippen molar-refractivity contribution in [1.82, 2.24) is 5.32 Å². The van der Waals surface area contributed by atoms with Crippen molar-refractivity contribution in [1.29, 1.82) is 0 Å². The summed E-state index contributed by atoms with van der Waals surface area (Å²) in [6.07, 6.45) is 0.791. The molecule has 0 fully saturated rings. The molecule has 2 atom stereocenters. The summed E-state index contributed by atoms with van der Waals surface area (Å²) < 4.78 is 11.2. The lowest BCUT2D eigenvalue weighted by atomic mass is 10.3. The summed E-state index contributed by atoms with van der Waals surface area (Å²) in [5.41, 5.74) is 5.57. The van der Waals surface area contributed by atoms with E-state index in [9.17, 15) is 9.00 Å². The van der Waals surface area contributed by atoms with Gasteiger partial charge in [0.25, 0.3) is 0 Å². The minimum absolute atomic E-state index is 0.0597. The number of hydrogen-bond acceptors (Lipinski definition) is 3. The van der Waals surface area contributed by atoms with Crippen LogP contribution >= 0.6 is 0 Å². The third kappa shape index (κ3) is 5.26. The van der Waals surface area contributed by atoms with E-state index in [0.29, 0.717) is 5.75 Å². The minimum Gasteiger partial charge on any atom is -0.358 e. The highest BCUT2D eigenvalue weighted by Crippen LogP contribution is 1.91. The predicted molar refractivity (Wildman–Crippen MR) is 50.2 cm³/mol. The molecule has 0 aromatic heterocycles. The van der Waals surface area contributed by atoms with Gasteiger partial charge in [0.2, 0.25) is 5.91 Å². The van der Waals surface area contributed by atoms with Crippen LogP contribution in [0.2, 0.25) is 0 Å². The molecule has 72 valence electrons. The molecular weight excluding hydrogens is 176 g/mol. The van der Waals surface area contributed by atoms with Crippen LogP contribution in [0.3, 0.4) is 0 Å². The Morgan fingerprint density at radius 3 is 2.67 bits per heavy atom. The minimum atomic E-state index is -1.12. The number of amides is 1. The molecule has 12 heavy (non-hydrogen) atoms. The molecule has 0 aromatic rings. The molecule has 1 amide bonds. The summed E-state index contributed by atoms with van der Waals surface area (Å²) in [7, 11) is 0.410. The van der Waals surface area contributed by atoms with E-state index >= 15 is 0 Å². The summed E-state index contributed by atoms with van der Waals surface area (Å²) in [6.45, 7) is 1.93. The third-order valence-corrected chi connectivity index (χ3v) is 2.88. The Kier molecular flexibility index (Phi) is 5.92. The summed E-state index contributed by atoms with van der Waals surface area (Å²) in [4.78, 5) is 10.7. The van der Waals surface area contributed by atoms with Crippen LogP contribution < -0.4 is 11.1 Å². The zero-order valence-electron chi connectivity index (χ0n) is 7.50. The summed E-state index contributed by atoms with van der Waals surface area (Å²) >= 11 is 0. The van der Waals surface area contributed by atoms with Gasteiger partial charge < -0.3 is 11.1 Å². The Balaban J connectivity index is 3.66. The molecule has 0 bridgehead atoms. The Labute approximate surface area is 75.4 Å². The Bertz CT molecular complexity index is 173. The lowest BCUT2D eigenvalue weighted by Gasteiger charge is -2.06. The average molecular weight is 192 g/mol. The van der Waals surface area contributed by atoms with Gasteiger partial charge in [-0.15, -0.1) is 0 Å². The van der Waals surface area contributed by atoms with Crippen LogP contribution in [0.5, 0.6) is 0 Å². The molecule has 2 unspecified atom stereocenters. The number of hydrogen-bond donors (Lipinski definition) is 2. The highest BCUT2D eigenvalue weighted by molar-refractivity contribution is 7.85. The molecule has 0 aromatic carbocycles. The van der Waals surface area contributed by atoms with Crippen LogP contribution in [0.25, 0.3) is 0 Å². The van der Waals surface area contributed by atoms with Crippen molar-refractivity contribution in [2.24, 2.45) is 5.73 Å². The molecule has 0 saturated heterocycles. The first-order chi connectivity index (χ1) is 5.60. The fraction of sp³-hybridized carbons (Fsp3) is 0.857. The third-order valence-electron chi connectivity index (χ3n) is 1.50. The summed E-state index contributed by atoms with van der Waals surface area (Å²) in [5, 5.41) is 2.41. The lowest BCUT2D eigenvalue weighted by molar-refractivity contribution is -0.118. The van der Waals surface area contributed by atoms with E-state index < -0.39 is 10.8 Å². The van der Waals surface area contributed by atoms with Gasteiger partial charge in [-0.25, -0.2) is 0 Å². The standard InChI is InChI=1S/C7H16N2O2S/c1-3-6(8)4-12(11)5-7(10)9-2/h6H,3-5,8H2,1-2H3,(H,9,10). The second-order valence-electron chi connectivity index (χ2n) is 2.59. The molecule has 4 nitrogen and oxygen atoms in total. The number of nitrogens with one attached hydrogen (secondary N) is 1. The fourth-order valence-electron chi connectivity index (χ4n) is 0.634. The number of carbonyl (C=O) groups excluding carboxylic acids is 1. The smallest absolute Gasteiger partial charge is 0.232 e. The van der Waals surface area contributed by atoms with E-state index in [4.69, 9.17) is 5.73 Å². The molecule has 0 aliphatic rings. The molecule has 0 aliphatic carbocycles. The van der Waals surface area contributed by atoms with E-state index in [1.165, 1.54) is 7.05 Å². The zero-order chi connectivity index (χ0) is 9.56. The SMILES string of the molecule is CCC(N)CS(=O)CC(=O)NC. The summed E-state index contributed by atoms with van der Waals surface area (Å²) in [5.74, 6) is 0.269. The molecule has 0 radical (unpaired) electrons. The van der Waals surface area contributed by atoms with Crippen LogP contribution in [0.4, 0.5) is 0 Å². The second kappa shape index (κ2) is 6.14. The molecule has 0 spiro atoms. The lowest BCUT2D eigenvalue weighted by Crippen LogP contribution is -2.31. The van der Waals surface area contributed by atoms with Crippen LogP contribution in [0.1, 0.15) is 13.3 Å². The van der Waals surface area contributed by atoms with Crippen LogP contribution in [-0.2, 0) is 15.6 Å². The molecule has 0 aliphatic heterocycles. The van der Waals surface area contributed by atoms with Gasteiger partial charge in [0, 0.05) is 29.6 Å². The number of rotatable bonds is 5. The van der Waals surface area contributed by atoms with Gasteiger partial charge in [-0.3, -0.25) is 9.00 Å². The second-order valence-corrected chi connectivity index (χ2v) is 4.09. The average Bonchev–Trinajstić information content (AvgIpc) is 2.03. The van der Waals surface area contributed by atoms with Gasteiger partial charge in [-0.2, -0.15) is 0 Å². The maximum atomic E-state index is 11.2. The molecule has 3 N–H and O–H groups in total. The molecule has 0 heterocycles. The van der Waals surface area contributed by atoms with Gasteiger partial charge in [-0.05, 0) is 6.42 Å². The van der Waals surface area contributed by atoms with E-state index in [0.717, 1.165) is 6.42 Å².